The highest BCUT2D eigenvalue weighted by Crippen LogP contribution is 2.33. The first-order valence-electron chi connectivity index (χ1n) is 4.16. The van der Waals surface area contributed by atoms with Crippen molar-refractivity contribution < 1.29 is 9.53 Å². The van der Waals surface area contributed by atoms with Crippen LogP contribution < -0.4 is 4.74 Å². The van der Waals surface area contributed by atoms with Gasteiger partial charge in [-0.1, -0.05) is 18.2 Å². The van der Waals surface area contributed by atoms with Gasteiger partial charge in [0.25, 0.3) is 5.91 Å². The third kappa shape index (κ3) is 1.45. The molecule has 1 aliphatic heterocycles. The third-order valence-electron chi connectivity index (χ3n) is 2.15. The van der Waals surface area contributed by atoms with Gasteiger partial charge in [-0.25, -0.2) is 0 Å². The van der Waals surface area contributed by atoms with Gasteiger partial charge >= 0.3 is 0 Å². The van der Waals surface area contributed by atoms with Crippen LogP contribution in [0.4, 0.5) is 0 Å². The molecule has 0 N–H and O–H groups in total. The number of nitrogens with zero attached hydrogens (tertiary/aromatic N) is 1. The second-order valence-corrected chi connectivity index (χ2v) is 3.13. The maximum absolute atomic E-state index is 11.4. The fourth-order valence-corrected chi connectivity index (χ4v) is 1.58. The molecular formula is C10H7NO2S. The average Bonchev–Trinajstić information content (AvgIpc) is 2.61. The molecule has 1 heterocycles. The largest absolute Gasteiger partial charge is 0.492 e. The summed E-state index contributed by atoms with van der Waals surface area (Å²) in [6.45, 7) is 0.346. The number of hydrogen-bond acceptors (Lipinski definition) is 3. The van der Waals surface area contributed by atoms with E-state index in [0.717, 1.165) is 11.3 Å². The van der Waals surface area contributed by atoms with E-state index in [1.807, 2.05) is 24.3 Å². The molecule has 70 valence electrons. The number of rotatable bonds is 1. The molecule has 2 rings (SSSR count). The molecule has 0 saturated heterocycles. The number of carbonyl (C=O) groups is 1. The number of ether oxygens (including phenoxy) is 1. The average molecular weight is 205 g/mol. The van der Waals surface area contributed by atoms with Crippen LogP contribution in [0.3, 0.4) is 0 Å². The smallest absolute Gasteiger partial charge is 0.265 e. The van der Waals surface area contributed by atoms with Crippen molar-refractivity contribution in [3.63, 3.8) is 0 Å². The van der Waals surface area contributed by atoms with Gasteiger partial charge in [0.1, 0.15) is 18.3 Å². The number of isothiocyanates is 1. The van der Waals surface area contributed by atoms with Crippen molar-refractivity contribution in [2.75, 3.05) is 6.61 Å². The van der Waals surface area contributed by atoms with E-state index in [0.29, 0.717) is 6.61 Å². The summed E-state index contributed by atoms with van der Waals surface area (Å²) in [4.78, 5) is 14.9. The molecule has 0 spiro atoms. The van der Waals surface area contributed by atoms with Crippen molar-refractivity contribution in [2.24, 2.45) is 4.99 Å². The van der Waals surface area contributed by atoms with Crippen LogP contribution in [0.1, 0.15) is 11.5 Å². The van der Waals surface area contributed by atoms with Crippen LogP contribution in [0.15, 0.2) is 29.3 Å². The van der Waals surface area contributed by atoms with Gasteiger partial charge in [-0.3, -0.25) is 4.79 Å². The summed E-state index contributed by atoms with van der Waals surface area (Å²) in [5.74, 6) is 0.150. The van der Waals surface area contributed by atoms with E-state index in [-0.39, 0.29) is 11.8 Å². The Morgan fingerprint density at radius 1 is 1.57 bits per heavy atom. The van der Waals surface area contributed by atoms with Crippen molar-refractivity contribution >= 4 is 23.3 Å². The Morgan fingerprint density at radius 2 is 2.36 bits per heavy atom. The second kappa shape index (κ2) is 3.70. The van der Waals surface area contributed by atoms with Gasteiger partial charge in [0.2, 0.25) is 0 Å². The van der Waals surface area contributed by atoms with E-state index in [2.05, 4.69) is 22.4 Å². The van der Waals surface area contributed by atoms with E-state index in [1.54, 1.807) is 0 Å². The fraction of sp³-hybridized carbons (Fsp3) is 0.200. The van der Waals surface area contributed by atoms with Gasteiger partial charge in [-0.15, -0.1) is 0 Å². The summed E-state index contributed by atoms with van der Waals surface area (Å²) in [6.07, 6.45) is 0. The van der Waals surface area contributed by atoms with E-state index >= 15 is 0 Å². The Kier molecular flexibility index (Phi) is 2.39. The lowest BCUT2D eigenvalue weighted by Crippen LogP contribution is -2.11. The zero-order valence-electron chi connectivity index (χ0n) is 7.27. The summed E-state index contributed by atoms with van der Waals surface area (Å²) in [5.41, 5.74) is 0.881. The molecule has 0 radical (unpaired) electrons. The Hall–Kier alpha value is -1.51. The number of para-hydroxylation sites is 1. The first kappa shape index (κ1) is 9.06. The van der Waals surface area contributed by atoms with Gasteiger partial charge in [0.05, 0.1) is 5.16 Å². The molecule has 1 aromatic rings. The molecule has 0 saturated carbocycles. The summed E-state index contributed by atoms with van der Waals surface area (Å²) in [7, 11) is 0. The summed E-state index contributed by atoms with van der Waals surface area (Å²) < 4.78 is 5.34. The van der Waals surface area contributed by atoms with Gasteiger partial charge in [0, 0.05) is 5.56 Å². The summed E-state index contributed by atoms with van der Waals surface area (Å²) >= 11 is 4.38. The zero-order chi connectivity index (χ0) is 9.97. The van der Waals surface area contributed by atoms with Gasteiger partial charge < -0.3 is 4.74 Å². The van der Waals surface area contributed by atoms with Crippen LogP contribution in [0.2, 0.25) is 0 Å². The number of carbonyl (C=O) groups excluding carboxylic acids is 1. The number of fused-ring (bicyclic) bond motifs is 1. The number of hydrogen-bond donors (Lipinski definition) is 0. The molecule has 0 fully saturated rings. The quantitative estimate of drug-likeness (QED) is 0.518. The molecule has 1 unspecified atom stereocenters. The SMILES string of the molecule is O=C(N=C=S)C1COc2ccccc21. The highest BCUT2D eigenvalue weighted by molar-refractivity contribution is 7.78. The third-order valence-corrected chi connectivity index (χ3v) is 2.25. The lowest BCUT2D eigenvalue weighted by molar-refractivity contribution is -0.119. The molecule has 1 atom stereocenters. The first-order chi connectivity index (χ1) is 6.83. The second-order valence-electron chi connectivity index (χ2n) is 2.94. The fourth-order valence-electron chi connectivity index (χ4n) is 1.49. The van der Waals surface area contributed by atoms with Crippen molar-refractivity contribution in [1.82, 2.24) is 0 Å². The Labute approximate surface area is 86.4 Å². The molecule has 0 bridgehead atoms. The van der Waals surface area contributed by atoms with E-state index in [1.165, 1.54) is 0 Å². The monoisotopic (exact) mass is 205 g/mol. The van der Waals surface area contributed by atoms with Crippen LogP contribution in [0.5, 0.6) is 5.75 Å². The maximum atomic E-state index is 11.4. The normalized spacial score (nSPS) is 17.9. The van der Waals surface area contributed by atoms with Crippen LogP contribution in [-0.4, -0.2) is 17.7 Å². The lowest BCUT2D eigenvalue weighted by atomic mass is 10.0. The van der Waals surface area contributed by atoms with Crippen LogP contribution in [0, 0.1) is 0 Å². The Morgan fingerprint density at radius 3 is 3.14 bits per heavy atom. The summed E-state index contributed by atoms with van der Waals surface area (Å²) in [6, 6.07) is 7.44. The minimum atomic E-state index is -0.318. The predicted octanol–water partition coefficient (Wildman–Crippen LogP) is 1.79. The number of amides is 1. The van der Waals surface area contributed by atoms with Gasteiger partial charge in [-0.2, -0.15) is 4.99 Å². The molecule has 1 aliphatic rings. The number of aliphatic imine (C=N–C) groups is 1. The standard InChI is InChI=1S/C10H7NO2S/c12-10(11-6-14)8-5-13-9-4-2-1-3-7(8)9/h1-4,8H,5H2. The Balaban J connectivity index is 2.34. The topological polar surface area (TPSA) is 38.7 Å². The first-order valence-corrected chi connectivity index (χ1v) is 4.57. The molecule has 4 heteroatoms. The predicted molar refractivity (Wildman–Crippen MR) is 54.7 cm³/mol. The van der Waals surface area contributed by atoms with Crippen molar-refractivity contribution in [3.8, 4) is 5.75 Å². The molecule has 3 nitrogen and oxygen atoms in total. The zero-order valence-corrected chi connectivity index (χ0v) is 8.08. The lowest BCUT2D eigenvalue weighted by Gasteiger charge is -2.00. The van der Waals surface area contributed by atoms with Crippen molar-refractivity contribution in [3.05, 3.63) is 29.8 Å². The van der Waals surface area contributed by atoms with Crippen LogP contribution in [-0.2, 0) is 4.79 Å². The van der Waals surface area contributed by atoms with E-state index < -0.39 is 0 Å². The highest BCUT2D eigenvalue weighted by atomic mass is 32.1. The highest BCUT2D eigenvalue weighted by Gasteiger charge is 2.29. The van der Waals surface area contributed by atoms with Crippen molar-refractivity contribution in [2.45, 2.75) is 5.92 Å². The van der Waals surface area contributed by atoms with E-state index in [9.17, 15) is 4.79 Å². The van der Waals surface area contributed by atoms with Gasteiger partial charge in [0.15, 0.2) is 0 Å². The maximum Gasteiger partial charge on any atom is 0.265 e. The van der Waals surface area contributed by atoms with Gasteiger partial charge in [-0.05, 0) is 18.3 Å². The van der Waals surface area contributed by atoms with E-state index in [4.69, 9.17) is 4.74 Å². The van der Waals surface area contributed by atoms with Crippen molar-refractivity contribution in [1.29, 1.82) is 0 Å². The molecular weight excluding hydrogens is 198 g/mol. The molecule has 14 heavy (non-hydrogen) atoms. The number of benzene rings is 1. The van der Waals surface area contributed by atoms with Crippen LogP contribution in [0.25, 0.3) is 0 Å². The molecule has 0 aliphatic carbocycles. The summed E-state index contributed by atoms with van der Waals surface area (Å²) in [5, 5.41) is 2.08. The minimum Gasteiger partial charge on any atom is -0.492 e. The minimum absolute atomic E-state index is 0.287. The van der Waals surface area contributed by atoms with Crippen LogP contribution >= 0.6 is 12.2 Å². The number of thiocarbonyl (C=S) groups is 1. The molecule has 1 aromatic carbocycles. The molecule has 1 amide bonds. The molecule has 0 aromatic heterocycles. The Bertz CT molecular complexity index is 424.